The second-order valence-corrected chi connectivity index (χ2v) is 4.27. The largest absolute Gasteiger partial charge is 0.465 e. The van der Waals surface area contributed by atoms with Crippen molar-refractivity contribution >= 4 is 5.82 Å². The Morgan fingerprint density at radius 1 is 1.14 bits per heavy atom. The van der Waals surface area contributed by atoms with E-state index in [1.54, 1.807) is 6.07 Å². The predicted molar refractivity (Wildman–Crippen MR) is 70.4 cm³/mol. The fourth-order valence-corrected chi connectivity index (χ4v) is 1.62. The smallest absolute Gasteiger partial charge is 0.425 e. The van der Waals surface area contributed by atoms with Crippen molar-refractivity contribution in [2.45, 2.75) is 25.6 Å². The van der Waals surface area contributed by atoms with Crippen LogP contribution in [0.3, 0.4) is 0 Å². The van der Waals surface area contributed by atoms with E-state index in [-0.39, 0.29) is 18.1 Å². The summed E-state index contributed by atoms with van der Waals surface area (Å²) in [6.45, 7) is 1.40. The third kappa shape index (κ3) is 3.80. The molecule has 0 fully saturated rings. The number of halogens is 3. The van der Waals surface area contributed by atoms with Crippen LogP contribution in [-0.2, 0) is 0 Å². The van der Waals surface area contributed by atoms with Crippen LogP contribution in [-0.4, -0.2) is 27.2 Å². The zero-order valence-electron chi connectivity index (χ0n) is 11.1. The van der Waals surface area contributed by atoms with Crippen molar-refractivity contribution in [1.82, 2.24) is 15.0 Å². The number of hydrogen-bond acceptors (Lipinski definition) is 5. The van der Waals surface area contributed by atoms with Gasteiger partial charge in [0.1, 0.15) is 5.82 Å². The highest BCUT2D eigenvalue weighted by Crippen LogP contribution is 2.27. The molecule has 0 aliphatic carbocycles. The lowest BCUT2D eigenvalue weighted by Crippen LogP contribution is -2.33. The van der Waals surface area contributed by atoms with E-state index in [2.05, 4.69) is 15.0 Å². The molecule has 0 aliphatic heterocycles. The molecule has 0 amide bonds. The minimum absolute atomic E-state index is 0.0914. The number of nitrogen functional groups attached to an aromatic ring is 1. The highest BCUT2D eigenvalue weighted by atomic mass is 19.4. The zero-order chi connectivity index (χ0) is 15.5. The summed E-state index contributed by atoms with van der Waals surface area (Å²) >= 11 is 0. The van der Waals surface area contributed by atoms with E-state index in [1.165, 1.54) is 31.6 Å². The van der Waals surface area contributed by atoms with E-state index >= 15 is 0 Å². The van der Waals surface area contributed by atoms with Gasteiger partial charge in [-0.3, -0.25) is 4.98 Å². The normalized spacial score (nSPS) is 13.0. The molecule has 2 rings (SSSR count). The van der Waals surface area contributed by atoms with Gasteiger partial charge >= 0.3 is 6.18 Å². The van der Waals surface area contributed by atoms with Gasteiger partial charge in [0.05, 0.1) is 18.1 Å². The number of pyridine rings is 1. The Morgan fingerprint density at radius 3 is 2.38 bits per heavy atom. The van der Waals surface area contributed by atoms with E-state index in [0.717, 1.165) is 0 Å². The number of anilines is 1. The molecule has 0 spiro atoms. The quantitative estimate of drug-likeness (QED) is 0.939. The van der Waals surface area contributed by atoms with E-state index < -0.39 is 12.3 Å². The van der Waals surface area contributed by atoms with Crippen LogP contribution in [0.4, 0.5) is 19.0 Å². The fraction of sp³-hybridized carbons (Fsp3) is 0.308. The number of aromatic nitrogens is 3. The third-order valence-corrected chi connectivity index (χ3v) is 2.70. The summed E-state index contributed by atoms with van der Waals surface area (Å²) in [5.41, 5.74) is 6.55. The van der Waals surface area contributed by atoms with Gasteiger partial charge in [-0.25, -0.2) is 9.97 Å². The van der Waals surface area contributed by atoms with Crippen molar-refractivity contribution in [2.75, 3.05) is 5.73 Å². The maximum atomic E-state index is 12.6. The monoisotopic (exact) mass is 298 g/mol. The first-order valence-electron chi connectivity index (χ1n) is 6.17. The molecule has 2 aromatic rings. The van der Waals surface area contributed by atoms with E-state index in [4.69, 9.17) is 10.5 Å². The average Bonchev–Trinajstić information content (AvgIpc) is 2.45. The van der Waals surface area contributed by atoms with Gasteiger partial charge in [0.15, 0.2) is 6.10 Å². The van der Waals surface area contributed by atoms with E-state index in [1.807, 2.05) is 0 Å². The fourth-order valence-electron chi connectivity index (χ4n) is 1.62. The molecule has 0 aromatic carbocycles. The van der Waals surface area contributed by atoms with Crippen molar-refractivity contribution in [3.63, 3.8) is 0 Å². The molecule has 0 aliphatic rings. The maximum Gasteiger partial charge on any atom is 0.425 e. The summed E-state index contributed by atoms with van der Waals surface area (Å²) in [5, 5.41) is 0. The standard InChI is InChI=1S/C13H13F3N4O/c1-2-10(13(14,15)16)21-12-4-3-8(5-20-12)9-6-19-11(17)7-18-9/h3-7,10H,2H2,1H3,(H2,17,19). The van der Waals surface area contributed by atoms with Crippen molar-refractivity contribution in [2.24, 2.45) is 0 Å². The molecule has 5 nitrogen and oxygen atoms in total. The summed E-state index contributed by atoms with van der Waals surface area (Å²) in [6, 6.07) is 2.92. The first-order valence-corrected chi connectivity index (χ1v) is 6.17. The summed E-state index contributed by atoms with van der Waals surface area (Å²) in [5.74, 6) is 0.189. The molecule has 8 heteroatoms. The van der Waals surface area contributed by atoms with Crippen molar-refractivity contribution < 1.29 is 17.9 Å². The van der Waals surface area contributed by atoms with Crippen LogP contribution in [0.15, 0.2) is 30.7 Å². The third-order valence-electron chi connectivity index (χ3n) is 2.70. The Kier molecular flexibility index (Phi) is 4.25. The number of hydrogen-bond donors (Lipinski definition) is 1. The molecule has 0 saturated heterocycles. The average molecular weight is 298 g/mol. The van der Waals surface area contributed by atoms with Crippen LogP contribution in [0.1, 0.15) is 13.3 Å². The molecule has 2 N–H and O–H groups in total. The van der Waals surface area contributed by atoms with Gasteiger partial charge < -0.3 is 10.5 Å². The summed E-state index contributed by atoms with van der Waals surface area (Å²) in [7, 11) is 0. The van der Waals surface area contributed by atoms with Crippen LogP contribution in [0, 0.1) is 0 Å². The van der Waals surface area contributed by atoms with Crippen LogP contribution in [0.5, 0.6) is 5.88 Å². The predicted octanol–water partition coefficient (Wildman–Crippen LogP) is 2.84. The van der Waals surface area contributed by atoms with Gasteiger partial charge in [0.25, 0.3) is 0 Å². The van der Waals surface area contributed by atoms with Crippen LogP contribution in [0.25, 0.3) is 11.3 Å². The maximum absolute atomic E-state index is 12.6. The molecule has 0 bridgehead atoms. The molecule has 112 valence electrons. The summed E-state index contributed by atoms with van der Waals surface area (Å²) < 4.78 is 42.7. The van der Waals surface area contributed by atoms with Crippen LogP contribution < -0.4 is 10.5 Å². The number of nitrogens with two attached hydrogens (primary N) is 1. The highest BCUT2D eigenvalue weighted by Gasteiger charge is 2.40. The molecule has 1 unspecified atom stereocenters. The van der Waals surface area contributed by atoms with Gasteiger partial charge in [-0.1, -0.05) is 6.92 Å². The Labute approximate surface area is 119 Å². The molecular weight excluding hydrogens is 285 g/mol. The number of alkyl halides is 3. The summed E-state index contributed by atoms with van der Waals surface area (Å²) in [6.07, 6.45) is -2.26. The number of nitrogens with zero attached hydrogens (tertiary/aromatic N) is 3. The molecular formula is C13H13F3N4O. The molecule has 0 saturated carbocycles. The van der Waals surface area contributed by atoms with Crippen LogP contribution >= 0.6 is 0 Å². The minimum Gasteiger partial charge on any atom is -0.465 e. The zero-order valence-corrected chi connectivity index (χ0v) is 11.1. The lowest BCUT2D eigenvalue weighted by Gasteiger charge is -2.19. The van der Waals surface area contributed by atoms with Gasteiger partial charge in [0.2, 0.25) is 5.88 Å². The van der Waals surface area contributed by atoms with Crippen molar-refractivity contribution in [3.8, 4) is 17.1 Å². The van der Waals surface area contributed by atoms with Crippen molar-refractivity contribution in [3.05, 3.63) is 30.7 Å². The molecule has 2 aromatic heterocycles. The topological polar surface area (TPSA) is 73.9 Å². The minimum atomic E-state index is -4.42. The van der Waals surface area contributed by atoms with E-state index in [0.29, 0.717) is 11.3 Å². The van der Waals surface area contributed by atoms with E-state index in [9.17, 15) is 13.2 Å². The Hall–Kier alpha value is -2.38. The molecule has 1 atom stereocenters. The van der Waals surface area contributed by atoms with Gasteiger partial charge in [0, 0.05) is 17.8 Å². The first-order chi connectivity index (χ1) is 9.90. The lowest BCUT2D eigenvalue weighted by molar-refractivity contribution is -0.196. The Bertz CT molecular complexity index is 584. The Morgan fingerprint density at radius 2 is 1.90 bits per heavy atom. The lowest BCUT2D eigenvalue weighted by atomic mass is 10.2. The second kappa shape index (κ2) is 5.94. The van der Waals surface area contributed by atoms with Gasteiger partial charge in [-0.2, -0.15) is 13.2 Å². The second-order valence-electron chi connectivity index (χ2n) is 4.27. The molecule has 21 heavy (non-hydrogen) atoms. The molecule has 0 radical (unpaired) electrons. The summed E-state index contributed by atoms with van der Waals surface area (Å²) in [4.78, 5) is 11.8. The number of ether oxygens (including phenoxy) is 1. The Balaban J connectivity index is 2.13. The first kappa shape index (κ1) is 15.0. The van der Waals surface area contributed by atoms with Crippen LogP contribution in [0.2, 0.25) is 0 Å². The highest BCUT2D eigenvalue weighted by molar-refractivity contribution is 5.57. The van der Waals surface area contributed by atoms with Crippen molar-refractivity contribution in [1.29, 1.82) is 0 Å². The number of rotatable bonds is 4. The van der Waals surface area contributed by atoms with Gasteiger partial charge in [-0.05, 0) is 12.5 Å². The van der Waals surface area contributed by atoms with Gasteiger partial charge in [-0.15, -0.1) is 0 Å². The SMILES string of the molecule is CCC(Oc1ccc(-c2cnc(N)cn2)cn1)C(F)(F)F. The molecule has 2 heterocycles.